The first-order valence-electron chi connectivity index (χ1n) is 7.67. The molecule has 1 unspecified atom stereocenters. The SMILES string of the molecule is CC(OC(=O)Nc1cc(C(F)(F)F)cc(C(F)(F)F)c1)C1=NC(C)(C)CO1. The average Bonchev–Trinajstić information content (AvgIpc) is 2.85. The van der Waals surface area contributed by atoms with E-state index >= 15 is 0 Å². The molecule has 11 heteroatoms. The van der Waals surface area contributed by atoms with E-state index in [2.05, 4.69) is 4.99 Å². The van der Waals surface area contributed by atoms with E-state index in [9.17, 15) is 31.1 Å². The molecular formula is C16H16F6N2O3. The standard InChI is InChI=1S/C16H16F6N2O3/c1-8(12-24-14(2,3)7-26-12)27-13(25)23-11-5-9(15(17,18)19)4-10(6-11)16(20,21)22/h4-6,8H,7H2,1-3H3,(H,23,25). The molecule has 1 aromatic rings. The highest BCUT2D eigenvalue weighted by atomic mass is 19.4. The van der Waals surface area contributed by atoms with Crippen molar-refractivity contribution in [3.05, 3.63) is 29.3 Å². The van der Waals surface area contributed by atoms with Crippen LogP contribution in [0.1, 0.15) is 31.9 Å². The van der Waals surface area contributed by atoms with Gasteiger partial charge in [-0.15, -0.1) is 0 Å². The summed E-state index contributed by atoms with van der Waals surface area (Å²) in [5, 5.41) is 1.87. The molecule has 1 atom stereocenters. The zero-order chi connectivity index (χ0) is 20.6. The number of ether oxygens (including phenoxy) is 2. The van der Waals surface area contributed by atoms with Crippen molar-refractivity contribution in [2.75, 3.05) is 11.9 Å². The molecule has 0 saturated heterocycles. The summed E-state index contributed by atoms with van der Waals surface area (Å²) >= 11 is 0. The van der Waals surface area contributed by atoms with Crippen LogP contribution in [0.5, 0.6) is 0 Å². The minimum atomic E-state index is -5.02. The van der Waals surface area contributed by atoms with Crippen LogP contribution in [0.4, 0.5) is 36.8 Å². The second-order valence-corrected chi connectivity index (χ2v) is 6.52. The minimum absolute atomic E-state index is 0.0394. The Labute approximate surface area is 150 Å². The number of carbonyl (C=O) groups is 1. The van der Waals surface area contributed by atoms with Gasteiger partial charge in [-0.05, 0) is 39.0 Å². The summed E-state index contributed by atoms with van der Waals surface area (Å²) in [5.41, 5.74) is -4.33. The maximum Gasteiger partial charge on any atom is 0.416 e. The van der Waals surface area contributed by atoms with E-state index in [1.807, 2.05) is 5.32 Å². The van der Waals surface area contributed by atoms with Crippen molar-refractivity contribution in [3.8, 4) is 0 Å². The molecule has 5 nitrogen and oxygen atoms in total. The number of anilines is 1. The smallest absolute Gasteiger partial charge is 0.416 e. The zero-order valence-electron chi connectivity index (χ0n) is 14.5. The number of nitrogens with zero attached hydrogens (tertiary/aromatic N) is 1. The van der Waals surface area contributed by atoms with E-state index in [1.165, 1.54) is 6.92 Å². The topological polar surface area (TPSA) is 59.9 Å². The van der Waals surface area contributed by atoms with Crippen molar-refractivity contribution in [3.63, 3.8) is 0 Å². The maximum absolute atomic E-state index is 12.8. The Morgan fingerprint density at radius 3 is 2.07 bits per heavy atom. The zero-order valence-corrected chi connectivity index (χ0v) is 14.5. The van der Waals surface area contributed by atoms with Gasteiger partial charge in [-0.1, -0.05) is 0 Å². The molecule has 0 aromatic heterocycles. The molecule has 150 valence electrons. The number of carbonyl (C=O) groups excluding carboxylic acids is 1. The number of alkyl halides is 6. The van der Waals surface area contributed by atoms with Gasteiger partial charge in [0.05, 0.1) is 16.7 Å². The van der Waals surface area contributed by atoms with Gasteiger partial charge in [0.2, 0.25) is 5.90 Å². The largest absolute Gasteiger partial charge is 0.476 e. The third kappa shape index (κ3) is 5.51. The van der Waals surface area contributed by atoms with Crippen molar-refractivity contribution in [2.24, 2.45) is 4.99 Å². The minimum Gasteiger partial charge on any atom is -0.476 e. The lowest BCUT2D eigenvalue weighted by Gasteiger charge is -2.16. The summed E-state index contributed by atoms with van der Waals surface area (Å²) in [6.45, 7) is 5.20. The third-order valence-corrected chi connectivity index (χ3v) is 3.45. The molecule has 0 bridgehead atoms. The van der Waals surface area contributed by atoms with E-state index in [0.717, 1.165) is 0 Å². The fourth-order valence-corrected chi connectivity index (χ4v) is 2.21. The van der Waals surface area contributed by atoms with Crippen molar-refractivity contribution >= 4 is 17.7 Å². The third-order valence-electron chi connectivity index (χ3n) is 3.45. The fourth-order valence-electron chi connectivity index (χ4n) is 2.21. The first kappa shape index (κ1) is 20.8. The Morgan fingerprint density at radius 2 is 1.67 bits per heavy atom. The van der Waals surface area contributed by atoms with Gasteiger partial charge in [-0.3, -0.25) is 5.32 Å². The number of nitrogens with one attached hydrogen (secondary N) is 1. The normalized spacial score (nSPS) is 17.7. The maximum atomic E-state index is 12.8. The van der Waals surface area contributed by atoms with Crippen LogP contribution in [0.25, 0.3) is 0 Å². The molecule has 0 radical (unpaired) electrons. The molecule has 0 spiro atoms. The molecule has 0 saturated carbocycles. The lowest BCUT2D eigenvalue weighted by atomic mass is 10.1. The summed E-state index contributed by atoms with van der Waals surface area (Å²) in [5.74, 6) is 0.107. The number of aliphatic imine (C=N–C) groups is 1. The summed E-state index contributed by atoms with van der Waals surface area (Å²) in [6.07, 6.45) is -12.3. The monoisotopic (exact) mass is 398 g/mol. The average molecular weight is 398 g/mol. The molecule has 27 heavy (non-hydrogen) atoms. The molecule has 1 amide bonds. The van der Waals surface area contributed by atoms with Crippen LogP contribution >= 0.6 is 0 Å². The van der Waals surface area contributed by atoms with Crippen molar-refractivity contribution < 1.29 is 40.6 Å². The van der Waals surface area contributed by atoms with Crippen molar-refractivity contribution in [1.82, 2.24) is 0 Å². The highest BCUT2D eigenvalue weighted by Crippen LogP contribution is 2.37. The Morgan fingerprint density at radius 1 is 1.15 bits per heavy atom. The van der Waals surface area contributed by atoms with Gasteiger partial charge in [0.25, 0.3) is 0 Å². The molecule has 1 aliphatic heterocycles. The van der Waals surface area contributed by atoms with E-state index in [4.69, 9.17) is 9.47 Å². The summed E-state index contributed by atoms with van der Waals surface area (Å²) in [7, 11) is 0. The van der Waals surface area contributed by atoms with Gasteiger partial charge >= 0.3 is 18.4 Å². The molecule has 1 heterocycles. The number of hydrogen-bond acceptors (Lipinski definition) is 4. The Bertz CT molecular complexity index is 723. The Hall–Kier alpha value is -2.46. The fraction of sp³-hybridized carbons (Fsp3) is 0.500. The molecule has 2 rings (SSSR count). The van der Waals surface area contributed by atoms with E-state index in [0.29, 0.717) is 12.1 Å². The van der Waals surface area contributed by atoms with Crippen molar-refractivity contribution in [2.45, 2.75) is 44.8 Å². The van der Waals surface area contributed by atoms with Crippen LogP contribution in [0.2, 0.25) is 0 Å². The highest BCUT2D eigenvalue weighted by Gasteiger charge is 2.37. The lowest BCUT2D eigenvalue weighted by molar-refractivity contribution is -0.143. The van der Waals surface area contributed by atoms with E-state index in [1.54, 1.807) is 13.8 Å². The second kappa shape index (κ2) is 6.93. The number of hydrogen-bond donors (Lipinski definition) is 1. The lowest BCUT2D eigenvalue weighted by Crippen LogP contribution is -2.27. The molecule has 1 aliphatic rings. The van der Waals surface area contributed by atoms with Crippen molar-refractivity contribution in [1.29, 1.82) is 0 Å². The van der Waals surface area contributed by atoms with Crippen LogP contribution in [0.15, 0.2) is 23.2 Å². The first-order valence-corrected chi connectivity index (χ1v) is 7.67. The number of halogens is 6. The first-order chi connectivity index (χ1) is 12.2. The molecule has 1 aromatic carbocycles. The number of benzene rings is 1. The van der Waals surface area contributed by atoms with Gasteiger partial charge < -0.3 is 9.47 Å². The predicted molar refractivity (Wildman–Crippen MR) is 83.5 cm³/mol. The highest BCUT2D eigenvalue weighted by molar-refractivity contribution is 5.89. The van der Waals surface area contributed by atoms with Crippen LogP contribution in [0, 0.1) is 0 Å². The van der Waals surface area contributed by atoms with Crippen LogP contribution in [0.3, 0.4) is 0 Å². The Balaban J connectivity index is 2.17. The summed E-state index contributed by atoms with van der Waals surface area (Å²) in [6, 6.07) is 0.726. The quantitative estimate of drug-likeness (QED) is 0.740. The van der Waals surface area contributed by atoms with Gasteiger partial charge in [-0.25, -0.2) is 9.79 Å². The van der Waals surface area contributed by atoms with Gasteiger partial charge in [0.15, 0.2) is 6.10 Å². The molecule has 0 fully saturated rings. The van der Waals surface area contributed by atoms with Crippen LogP contribution in [-0.4, -0.2) is 30.2 Å². The van der Waals surface area contributed by atoms with Gasteiger partial charge in [0, 0.05) is 5.69 Å². The number of amides is 1. The van der Waals surface area contributed by atoms with E-state index in [-0.39, 0.29) is 18.6 Å². The molecule has 0 aliphatic carbocycles. The molecule has 1 N–H and O–H groups in total. The summed E-state index contributed by atoms with van der Waals surface area (Å²) < 4.78 is 87.1. The number of rotatable bonds is 3. The van der Waals surface area contributed by atoms with Crippen LogP contribution < -0.4 is 5.32 Å². The second-order valence-electron chi connectivity index (χ2n) is 6.52. The molecular weight excluding hydrogens is 382 g/mol. The summed E-state index contributed by atoms with van der Waals surface area (Å²) in [4.78, 5) is 16.0. The predicted octanol–water partition coefficient (Wildman–Crippen LogP) is 4.87. The van der Waals surface area contributed by atoms with Gasteiger partial charge in [0.1, 0.15) is 6.61 Å². The van der Waals surface area contributed by atoms with Gasteiger partial charge in [-0.2, -0.15) is 26.3 Å². The van der Waals surface area contributed by atoms with E-state index < -0.39 is 46.9 Å². The Kier molecular flexibility index (Phi) is 5.35. The van der Waals surface area contributed by atoms with Crippen LogP contribution in [-0.2, 0) is 21.8 Å².